The Bertz CT molecular complexity index is 647. The number of hydrogen-bond acceptors (Lipinski definition) is 1. The first-order valence-corrected chi connectivity index (χ1v) is 6.69. The van der Waals surface area contributed by atoms with Gasteiger partial charge in [-0.05, 0) is 40.0 Å². The second kappa shape index (κ2) is 4.58. The minimum Gasteiger partial charge on any atom is -0.306 e. The van der Waals surface area contributed by atoms with E-state index in [0.717, 1.165) is 22.2 Å². The Balaban J connectivity index is 1.99. The van der Waals surface area contributed by atoms with E-state index in [4.69, 9.17) is 0 Å². The molecule has 0 aliphatic rings. The van der Waals surface area contributed by atoms with Crippen LogP contribution in [0.25, 0.3) is 5.65 Å². The van der Waals surface area contributed by atoms with Gasteiger partial charge in [0, 0.05) is 23.3 Å². The molecule has 0 fully saturated rings. The Kier molecular flexibility index (Phi) is 2.92. The smallest absolute Gasteiger partial charge is 0.137 e. The van der Waals surface area contributed by atoms with Gasteiger partial charge < -0.3 is 4.40 Å². The van der Waals surface area contributed by atoms with Gasteiger partial charge in [-0.1, -0.05) is 30.3 Å². The van der Waals surface area contributed by atoms with Crippen LogP contribution in [-0.4, -0.2) is 9.38 Å². The van der Waals surface area contributed by atoms with Gasteiger partial charge in [0.05, 0.1) is 5.69 Å². The number of rotatable bonds is 2. The van der Waals surface area contributed by atoms with Crippen LogP contribution in [0.15, 0.2) is 53.3 Å². The van der Waals surface area contributed by atoms with Gasteiger partial charge in [-0.3, -0.25) is 0 Å². The monoisotopic (exact) mass is 300 g/mol. The van der Waals surface area contributed by atoms with Crippen molar-refractivity contribution < 1.29 is 0 Å². The summed E-state index contributed by atoms with van der Waals surface area (Å²) in [6, 6.07) is 12.5. The van der Waals surface area contributed by atoms with Crippen molar-refractivity contribution in [2.24, 2.45) is 0 Å². The number of nitrogens with zero attached hydrogens (tertiary/aromatic N) is 2. The molecule has 90 valence electrons. The molecule has 0 saturated heterocycles. The Morgan fingerprint density at radius 1 is 1.17 bits per heavy atom. The van der Waals surface area contributed by atoms with E-state index in [1.54, 1.807) is 0 Å². The van der Waals surface area contributed by atoms with Gasteiger partial charge >= 0.3 is 0 Å². The molecule has 18 heavy (non-hydrogen) atoms. The fraction of sp³-hybridized carbons (Fsp3) is 0.133. The maximum Gasteiger partial charge on any atom is 0.137 e. The van der Waals surface area contributed by atoms with E-state index < -0.39 is 0 Å². The molecule has 0 spiro atoms. The molecule has 0 saturated carbocycles. The Hall–Kier alpha value is -1.61. The van der Waals surface area contributed by atoms with Gasteiger partial charge in [0.15, 0.2) is 0 Å². The van der Waals surface area contributed by atoms with Gasteiger partial charge in [0.25, 0.3) is 0 Å². The number of benzene rings is 1. The van der Waals surface area contributed by atoms with E-state index in [1.165, 1.54) is 11.1 Å². The molecule has 3 aromatic rings. The molecule has 0 bridgehead atoms. The Labute approximate surface area is 114 Å². The quantitative estimate of drug-likeness (QED) is 0.699. The molecule has 0 N–H and O–H groups in total. The highest BCUT2D eigenvalue weighted by molar-refractivity contribution is 9.10. The third-order valence-electron chi connectivity index (χ3n) is 3.01. The summed E-state index contributed by atoms with van der Waals surface area (Å²) in [5, 5.41) is 0. The number of hydrogen-bond donors (Lipinski definition) is 0. The summed E-state index contributed by atoms with van der Waals surface area (Å²) in [6.45, 7) is 2.08. The van der Waals surface area contributed by atoms with E-state index in [9.17, 15) is 0 Å². The third kappa shape index (κ3) is 2.18. The van der Waals surface area contributed by atoms with Gasteiger partial charge in [-0.25, -0.2) is 4.98 Å². The summed E-state index contributed by atoms with van der Waals surface area (Å²) < 4.78 is 3.17. The maximum atomic E-state index is 4.65. The van der Waals surface area contributed by atoms with Crippen LogP contribution in [0.2, 0.25) is 0 Å². The second-order valence-corrected chi connectivity index (χ2v) is 5.32. The first-order valence-electron chi connectivity index (χ1n) is 5.90. The van der Waals surface area contributed by atoms with Crippen LogP contribution in [0.1, 0.15) is 16.8 Å². The summed E-state index contributed by atoms with van der Waals surface area (Å²) in [5.41, 5.74) is 4.59. The SMILES string of the molecule is Cc1cc2nc(Cc3ccccc3)cn2cc1Br. The molecule has 0 atom stereocenters. The number of aromatic nitrogens is 2. The van der Waals surface area contributed by atoms with E-state index in [2.05, 4.69) is 75.0 Å². The van der Waals surface area contributed by atoms with Crippen LogP contribution in [-0.2, 0) is 6.42 Å². The molecule has 0 aliphatic carbocycles. The zero-order valence-electron chi connectivity index (χ0n) is 10.1. The number of pyridine rings is 1. The van der Waals surface area contributed by atoms with E-state index >= 15 is 0 Å². The standard InChI is InChI=1S/C15H13BrN2/c1-11-7-15-17-13(9-18(15)10-14(11)16)8-12-5-3-2-4-6-12/h2-7,9-10H,8H2,1H3. The summed E-state index contributed by atoms with van der Waals surface area (Å²) in [6.07, 6.45) is 5.03. The molecular weight excluding hydrogens is 288 g/mol. The van der Waals surface area contributed by atoms with Crippen molar-refractivity contribution in [2.45, 2.75) is 13.3 Å². The van der Waals surface area contributed by atoms with Crippen molar-refractivity contribution >= 4 is 21.6 Å². The van der Waals surface area contributed by atoms with Crippen molar-refractivity contribution in [3.8, 4) is 0 Å². The summed E-state index contributed by atoms with van der Waals surface area (Å²) >= 11 is 3.54. The minimum absolute atomic E-state index is 0.874. The van der Waals surface area contributed by atoms with Crippen LogP contribution in [0.3, 0.4) is 0 Å². The number of aryl methyl sites for hydroxylation is 1. The van der Waals surface area contributed by atoms with Gasteiger partial charge in [-0.2, -0.15) is 0 Å². The lowest BCUT2D eigenvalue weighted by Gasteiger charge is -1.98. The first-order chi connectivity index (χ1) is 8.72. The highest BCUT2D eigenvalue weighted by Gasteiger charge is 2.04. The van der Waals surface area contributed by atoms with Crippen LogP contribution in [0.5, 0.6) is 0 Å². The molecule has 1 aromatic carbocycles. The lowest BCUT2D eigenvalue weighted by molar-refractivity contribution is 1.11. The van der Waals surface area contributed by atoms with Gasteiger partial charge in [0.1, 0.15) is 5.65 Å². The fourth-order valence-corrected chi connectivity index (χ4v) is 2.38. The predicted octanol–water partition coefficient (Wildman–Crippen LogP) is 4.00. The van der Waals surface area contributed by atoms with Crippen molar-refractivity contribution in [1.82, 2.24) is 9.38 Å². The van der Waals surface area contributed by atoms with Crippen molar-refractivity contribution in [3.63, 3.8) is 0 Å². The van der Waals surface area contributed by atoms with Crippen LogP contribution in [0.4, 0.5) is 0 Å². The average molecular weight is 301 g/mol. The fourth-order valence-electron chi connectivity index (χ4n) is 2.05. The predicted molar refractivity (Wildman–Crippen MR) is 76.9 cm³/mol. The molecule has 0 aliphatic heterocycles. The summed E-state index contributed by atoms with van der Waals surface area (Å²) in [7, 11) is 0. The molecule has 2 nitrogen and oxygen atoms in total. The molecular formula is C15H13BrN2. The molecule has 3 rings (SSSR count). The van der Waals surface area contributed by atoms with E-state index in [-0.39, 0.29) is 0 Å². The summed E-state index contributed by atoms with van der Waals surface area (Å²) in [5.74, 6) is 0. The van der Waals surface area contributed by atoms with Crippen molar-refractivity contribution in [2.75, 3.05) is 0 Å². The zero-order chi connectivity index (χ0) is 12.5. The highest BCUT2D eigenvalue weighted by atomic mass is 79.9. The van der Waals surface area contributed by atoms with Crippen LogP contribution < -0.4 is 0 Å². The van der Waals surface area contributed by atoms with Gasteiger partial charge in [-0.15, -0.1) is 0 Å². The molecule has 2 heterocycles. The second-order valence-electron chi connectivity index (χ2n) is 4.46. The molecule has 0 radical (unpaired) electrons. The van der Waals surface area contributed by atoms with Crippen molar-refractivity contribution in [1.29, 1.82) is 0 Å². The minimum atomic E-state index is 0.874. The topological polar surface area (TPSA) is 17.3 Å². The van der Waals surface area contributed by atoms with Crippen LogP contribution >= 0.6 is 15.9 Å². The molecule has 2 aromatic heterocycles. The number of halogens is 1. The maximum absolute atomic E-state index is 4.65. The third-order valence-corrected chi connectivity index (χ3v) is 3.84. The number of imidazole rings is 1. The van der Waals surface area contributed by atoms with Gasteiger partial charge in [0.2, 0.25) is 0 Å². The lowest BCUT2D eigenvalue weighted by atomic mass is 10.1. The van der Waals surface area contributed by atoms with Crippen molar-refractivity contribution in [3.05, 3.63) is 70.1 Å². The molecule has 3 heteroatoms. The molecule has 0 amide bonds. The Morgan fingerprint density at radius 2 is 1.94 bits per heavy atom. The summed E-state index contributed by atoms with van der Waals surface area (Å²) in [4.78, 5) is 4.65. The largest absolute Gasteiger partial charge is 0.306 e. The number of fused-ring (bicyclic) bond motifs is 1. The normalized spacial score (nSPS) is 11.0. The Morgan fingerprint density at radius 3 is 2.72 bits per heavy atom. The molecule has 0 unspecified atom stereocenters. The van der Waals surface area contributed by atoms with E-state index in [1.807, 2.05) is 6.07 Å². The first kappa shape index (κ1) is 11.5. The lowest BCUT2D eigenvalue weighted by Crippen LogP contribution is -1.86. The average Bonchev–Trinajstić information content (AvgIpc) is 2.72. The zero-order valence-corrected chi connectivity index (χ0v) is 11.7. The van der Waals surface area contributed by atoms with Crippen LogP contribution in [0, 0.1) is 6.92 Å². The highest BCUT2D eigenvalue weighted by Crippen LogP contribution is 2.19. The van der Waals surface area contributed by atoms with E-state index in [0.29, 0.717) is 0 Å².